The molecule has 0 heterocycles. The maximum atomic E-state index is 12.4. The van der Waals surface area contributed by atoms with Crippen molar-refractivity contribution in [3.8, 4) is 0 Å². The number of aliphatic hydroxyl groups excluding tert-OH is 2. The van der Waals surface area contributed by atoms with Gasteiger partial charge in [-0.3, -0.25) is 4.79 Å². The summed E-state index contributed by atoms with van der Waals surface area (Å²) < 4.78 is 0. The Balaban J connectivity index is 3.56. The number of hydrogen-bond acceptors (Lipinski definition) is 3. The van der Waals surface area contributed by atoms with E-state index in [2.05, 4.69) is 55.6 Å². The summed E-state index contributed by atoms with van der Waals surface area (Å²) in [5, 5.41) is 23.1. The summed E-state index contributed by atoms with van der Waals surface area (Å²) in [4.78, 5) is 12.4. The molecule has 0 aromatic carbocycles. The topological polar surface area (TPSA) is 69.6 Å². The first-order chi connectivity index (χ1) is 23.2. The molecule has 0 aromatic rings. The smallest absolute Gasteiger partial charge is 0.220 e. The van der Waals surface area contributed by atoms with Crippen LogP contribution in [0.4, 0.5) is 0 Å². The van der Waals surface area contributed by atoms with Crippen LogP contribution in [0.5, 0.6) is 0 Å². The van der Waals surface area contributed by atoms with Crippen molar-refractivity contribution in [1.82, 2.24) is 5.32 Å². The molecular weight excluding hydrogens is 578 g/mol. The molecule has 2 unspecified atom stereocenters. The summed E-state index contributed by atoms with van der Waals surface area (Å²) in [7, 11) is 0. The number of aliphatic hydroxyl groups is 2. The molecule has 0 aliphatic carbocycles. The molecule has 47 heavy (non-hydrogen) atoms. The summed E-state index contributed by atoms with van der Waals surface area (Å²) in [6.07, 6.45) is 50.6. The highest BCUT2D eigenvalue weighted by molar-refractivity contribution is 5.76. The van der Waals surface area contributed by atoms with E-state index in [4.69, 9.17) is 0 Å². The van der Waals surface area contributed by atoms with Gasteiger partial charge in [-0.25, -0.2) is 0 Å². The first-order valence-electron chi connectivity index (χ1n) is 20.7. The van der Waals surface area contributed by atoms with Crippen molar-refractivity contribution < 1.29 is 15.0 Å². The predicted octanol–water partition coefficient (Wildman–Crippen LogP) is 12.6. The van der Waals surface area contributed by atoms with E-state index in [0.29, 0.717) is 12.8 Å². The minimum atomic E-state index is -0.661. The van der Waals surface area contributed by atoms with E-state index in [9.17, 15) is 15.0 Å². The van der Waals surface area contributed by atoms with Crippen LogP contribution >= 0.6 is 0 Å². The van der Waals surface area contributed by atoms with Gasteiger partial charge in [0, 0.05) is 6.42 Å². The predicted molar refractivity (Wildman–Crippen MR) is 207 cm³/mol. The van der Waals surface area contributed by atoms with Crippen molar-refractivity contribution in [1.29, 1.82) is 0 Å². The molecule has 0 aliphatic heterocycles. The van der Waals surface area contributed by atoms with Crippen LogP contribution in [0.15, 0.2) is 36.5 Å². The van der Waals surface area contributed by atoms with Gasteiger partial charge in [-0.05, 0) is 51.4 Å². The second-order valence-corrected chi connectivity index (χ2v) is 14.1. The molecule has 276 valence electrons. The average molecular weight is 660 g/mol. The van der Waals surface area contributed by atoms with E-state index >= 15 is 0 Å². The second kappa shape index (κ2) is 39.1. The van der Waals surface area contributed by atoms with Gasteiger partial charge in [-0.2, -0.15) is 0 Å². The maximum absolute atomic E-state index is 12.4. The Morgan fingerprint density at radius 3 is 1.30 bits per heavy atom. The fraction of sp³-hybridized carbons (Fsp3) is 0.837. The Morgan fingerprint density at radius 1 is 0.511 bits per heavy atom. The quantitative estimate of drug-likeness (QED) is 0.0459. The lowest BCUT2D eigenvalue weighted by Crippen LogP contribution is -2.45. The number of carbonyl (C=O) groups is 1. The van der Waals surface area contributed by atoms with E-state index in [1.165, 1.54) is 148 Å². The van der Waals surface area contributed by atoms with Crippen molar-refractivity contribution in [2.75, 3.05) is 6.61 Å². The molecule has 4 nitrogen and oxygen atoms in total. The van der Waals surface area contributed by atoms with Gasteiger partial charge in [-0.15, -0.1) is 0 Å². The number of amides is 1. The summed E-state index contributed by atoms with van der Waals surface area (Å²) in [5.74, 6) is -0.0401. The molecule has 2 atom stereocenters. The monoisotopic (exact) mass is 660 g/mol. The summed E-state index contributed by atoms with van der Waals surface area (Å²) in [5.41, 5.74) is 0. The van der Waals surface area contributed by atoms with Gasteiger partial charge in [0.05, 0.1) is 18.8 Å². The molecule has 4 heteroatoms. The van der Waals surface area contributed by atoms with Crippen LogP contribution < -0.4 is 5.32 Å². The molecule has 0 fully saturated rings. The van der Waals surface area contributed by atoms with Crippen LogP contribution in [0.3, 0.4) is 0 Å². The molecule has 3 N–H and O–H groups in total. The zero-order valence-electron chi connectivity index (χ0n) is 31.5. The van der Waals surface area contributed by atoms with Crippen LogP contribution in [0.2, 0.25) is 0 Å². The number of rotatable bonds is 37. The molecule has 0 rings (SSSR count). The molecule has 0 aliphatic rings. The van der Waals surface area contributed by atoms with Crippen molar-refractivity contribution in [2.45, 2.75) is 225 Å². The summed E-state index contributed by atoms with van der Waals surface area (Å²) in [6, 6.07) is -0.538. The molecule has 0 radical (unpaired) electrons. The van der Waals surface area contributed by atoms with Crippen LogP contribution in [-0.4, -0.2) is 34.9 Å². The molecule has 0 spiro atoms. The zero-order chi connectivity index (χ0) is 34.3. The first-order valence-corrected chi connectivity index (χ1v) is 20.7. The third-order valence-electron chi connectivity index (χ3n) is 9.40. The SMILES string of the molecule is CCCCCCC/C=C\C/C=C\C/C=C\CCCCCCCCCCC(=O)NC(CO)C(O)CCCCCCCCCCCCCC. The van der Waals surface area contributed by atoms with E-state index in [1.807, 2.05) is 0 Å². The Bertz CT molecular complexity index is 716. The highest BCUT2D eigenvalue weighted by atomic mass is 16.3. The van der Waals surface area contributed by atoms with Gasteiger partial charge in [0.15, 0.2) is 0 Å². The van der Waals surface area contributed by atoms with E-state index in [1.54, 1.807) is 0 Å². The number of nitrogens with one attached hydrogen (secondary N) is 1. The van der Waals surface area contributed by atoms with Gasteiger partial charge in [0.2, 0.25) is 5.91 Å². The zero-order valence-corrected chi connectivity index (χ0v) is 31.5. The number of unbranched alkanes of at least 4 members (excludes halogenated alkanes) is 24. The number of hydrogen-bond donors (Lipinski definition) is 3. The van der Waals surface area contributed by atoms with Gasteiger partial charge in [0.1, 0.15) is 0 Å². The van der Waals surface area contributed by atoms with Gasteiger partial charge < -0.3 is 15.5 Å². The summed E-state index contributed by atoms with van der Waals surface area (Å²) in [6.45, 7) is 4.33. The first kappa shape index (κ1) is 45.6. The Morgan fingerprint density at radius 2 is 0.872 bits per heavy atom. The Hall–Kier alpha value is -1.39. The third kappa shape index (κ3) is 35.7. The molecule has 0 bridgehead atoms. The lowest BCUT2D eigenvalue weighted by atomic mass is 10.0. The van der Waals surface area contributed by atoms with Crippen LogP contribution in [0.25, 0.3) is 0 Å². The molecule has 0 aromatic heterocycles. The van der Waals surface area contributed by atoms with E-state index < -0.39 is 12.1 Å². The van der Waals surface area contributed by atoms with E-state index in [-0.39, 0.29) is 12.5 Å². The minimum Gasteiger partial charge on any atom is -0.394 e. The average Bonchev–Trinajstić information content (AvgIpc) is 3.07. The largest absolute Gasteiger partial charge is 0.394 e. The van der Waals surface area contributed by atoms with Crippen molar-refractivity contribution in [3.05, 3.63) is 36.5 Å². The maximum Gasteiger partial charge on any atom is 0.220 e. The third-order valence-corrected chi connectivity index (χ3v) is 9.40. The highest BCUT2D eigenvalue weighted by Gasteiger charge is 2.19. The Labute approximate surface area is 293 Å². The molecular formula is C43H81NO3. The van der Waals surface area contributed by atoms with Crippen molar-refractivity contribution >= 4 is 5.91 Å². The lowest BCUT2D eigenvalue weighted by molar-refractivity contribution is -0.123. The molecule has 0 saturated carbocycles. The number of allylic oxidation sites excluding steroid dienone is 6. The van der Waals surface area contributed by atoms with Crippen LogP contribution in [0.1, 0.15) is 213 Å². The van der Waals surface area contributed by atoms with Gasteiger partial charge in [0.25, 0.3) is 0 Å². The Kier molecular flexibility index (Phi) is 37.9. The highest BCUT2D eigenvalue weighted by Crippen LogP contribution is 2.15. The van der Waals surface area contributed by atoms with E-state index in [0.717, 1.165) is 38.5 Å². The standard InChI is InChI=1S/C43H81NO3/c1-3-5-7-9-11-13-15-17-18-19-20-21-22-23-24-25-26-27-29-31-33-35-37-39-43(47)44-41(40-45)42(46)38-36-34-32-30-28-16-14-12-10-8-6-4-2/h15,17,19-20,22-23,41-42,45-46H,3-14,16,18,21,24-40H2,1-2H3,(H,44,47)/b17-15-,20-19-,23-22-. The van der Waals surface area contributed by atoms with Crippen LogP contribution in [0, 0.1) is 0 Å². The normalized spacial score (nSPS) is 13.4. The second-order valence-electron chi connectivity index (χ2n) is 14.1. The van der Waals surface area contributed by atoms with Crippen molar-refractivity contribution in [2.24, 2.45) is 0 Å². The lowest BCUT2D eigenvalue weighted by Gasteiger charge is -2.22. The molecule has 0 saturated heterocycles. The fourth-order valence-corrected chi connectivity index (χ4v) is 6.19. The fourth-order valence-electron chi connectivity index (χ4n) is 6.19. The minimum absolute atomic E-state index is 0.0401. The summed E-state index contributed by atoms with van der Waals surface area (Å²) >= 11 is 0. The molecule has 1 amide bonds. The van der Waals surface area contributed by atoms with Crippen LogP contribution in [-0.2, 0) is 4.79 Å². The number of carbonyl (C=O) groups excluding carboxylic acids is 1. The van der Waals surface area contributed by atoms with Crippen molar-refractivity contribution in [3.63, 3.8) is 0 Å². The van der Waals surface area contributed by atoms with Gasteiger partial charge >= 0.3 is 0 Å². The van der Waals surface area contributed by atoms with Gasteiger partial charge in [-0.1, -0.05) is 192 Å².